The number of rotatable bonds is 4. The lowest BCUT2D eigenvalue weighted by molar-refractivity contribution is -0.105. The first-order valence-corrected chi connectivity index (χ1v) is 14.3. The van der Waals surface area contributed by atoms with Crippen molar-refractivity contribution in [3.05, 3.63) is 69.1 Å². The van der Waals surface area contributed by atoms with Gasteiger partial charge in [0.05, 0.1) is 11.3 Å². The summed E-state index contributed by atoms with van der Waals surface area (Å²) in [6.07, 6.45) is 14.2. The van der Waals surface area contributed by atoms with Crippen LogP contribution in [0.3, 0.4) is 0 Å². The highest BCUT2D eigenvalue weighted by atomic mass is 127. The Morgan fingerprint density at radius 1 is 1.11 bits per heavy atom. The van der Waals surface area contributed by atoms with E-state index in [1.165, 1.54) is 5.57 Å². The molecular weight excluding hydrogens is 563 g/mol. The Morgan fingerprint density at radius 2 is 1.89 bits per heavy atom. The molecule has 0 saturated heterocycles. The quantitative estimate of drug-likeness (QED) is 0.171. The summed E-state index contributed by atoms with van der Waals surface area (Å²) in [5.41, 5.74) is 4.28. The summed E-state index contributed by atoms with van der Waals surface area (Å²) in [4.78, 5) is 24.9. The molecule has 0 bridgehead atoms. The van der Waals surface area contributed by atoms with Gasteiger partial charge in [-0.1, -0.05) is 25.5 Å². The van der Waals surface area contributed by atoms with E-state index in [0.29, 0.717) is 23.3 Å². The molecule has 188 valence electrons. The van der Waals surface area contributed by atoms with Crippen molar-refractivity contribution in [2.75, 3.05) is 0 Å². The second-order valence-corrected chi connectivity index (χ2v) is 12.9. The van der Waals surface area contributed by atoms with Crippen molar-refractivity contribution in [1.82, 2.24) is 9.78 Å². The summed E-state index contributed by atoms with van der Waals surface area (Å²) in [5, 5.41) is 4.52. The second-order valence-electron chi connectivity index (χ2n) is 11.6. The Bertz CT molecular complexity index is 1250. The van der Waals surface area contributed by atoms with E-state index in [1.807, 2.05) is 41.2 Å². The van der Waals surface area contributed by atoms with Gasteiger partial charge in [-0.15, -0.1) is 0 Å². The monoisotopic (exact) mass is 596 g/mol. The lowest BCUT2D eigenvalue weighted by Gasteiger charge is -2.57. The summed E-state index contributed by atoms with van der Waals surface area (Å²) < 4.78 is 9.04. The van der Waals surface area contributed by atoms with E-state index in [0.717, 1.165) is 66.1 Å². The van der Waals surface area contributed by atoms with E-state index in [2.05, 4.69) is 47.6 Å². The standard InChI is InChI=1S/C30H33IN2O3/c1-29-12-10-23(36-28(35)19-4-7-22(31)8-5-19)17-21(29)6-9-24-25(29)11-13-30(2)26(24)16-20(18-34)27(30)33-15-3-14-32-33/h3-8,14-15,18,23-26H,9-13,16-17H2,1-2H3/t23-,24+,25-,26-,29-,30-/m0/s1. The van der Waals surface area contributed by atoms with Gasteiger partial charge in [0.1, 0.15) is 12.4 Å². The van der Waals surface area contributed by atoms with Crippen LogP contribution in [0.15, 0.2) is 59.9 Å². The maximum atomic E-state index is 12.8. The number of fused-ring (bicyclic) bond motifs is 5. The Morgan fingerprint density at radius 3 is 2.61 bits per heavy atom. The molecule has 1 aromatic carbocycles. The number of carbonyl (C=O) groups excluding carboxylic acids is 2. The van der Waals surface area contributed by atoms with Crippen LogP contribution in [-0.4, -0.2) is 28.1 Å². The van der Waals surface area contributed by atoms with E-state index < -0.39 is 0 Å². The van der Waals surface area contributed by atoms with Gasteiger partial charge in [0.15, 0.2) is 0 Å². The van der Waals surface area contributed by atoms with Gasteiger partial charge in [-0.25, -0.2) is 9.48 Å². The predicted octanol–water partition coefficient (Wildman–Crippen LogP) is 6.70. The number of aromatic nitrogens is 2. The molecule has 4 aliphatic carbocycles. The Kier molecular flexibility index (Phi) is 6.01. The average Bonchev–Trinajstić information content (AvgIpc) is 3.49. The minimum atomic E-state index is -0.215. The van der Waals surface area contributed by atoms with Crippen LogP contribution in [0.5, 0.6) is 0 Å². The molecule has 0 unspecified atom stereocenters. The fourth-order valence-corrected chi connectivity index (χ4v) is 8.50. The molecule has 0 amide bonds. The van der Waals surface area contributed by atoms with Crippen molar-refractivity contribution in [2.45, 2.75) is 64.9 Å². The van der Waals surface area contributed by atoms with E-state index >= 15 is 0 Å². The van der Waals surface area contributed by atoms with Crippen LogP contribution < -0.4 is 0 Å². The number of hydrogen-bond acceptors (Lipinski definition) is 4. The molecule has 0 N–H and O–H groups in total. The molecule has 2 fully saturated rings. The molecule has 1 aromatic heterocycles. The van der Waals surface area contributed by atoms with Gasteiger partial charge in [-0.3, -0.25) is 4.79 Å². The van der Waals surface area contributed by atoms with Crippen molar-refractivity contribution in [3.8, 4) is 0 Å². The zero-order chi connectivity index (χ0) is 25.1. The van der Waals surface area contributed by atoms with Crippen molar-refractivity contribution in [1.29, 1.82) is 0 Å². The minimum absolute atomic E-state index is 0.0225. The molecule has 36 heavy (non-hydrogen) atoms. The van der Waals surface area contributed by atoms with Crippen LogP contribution in [0.2, 0.25) is 0 Å². The molecule has 2 aromatic rings. The summed E-state index contributed by atoms with van der Waals surface area (Å²) in [6, 6.07) is 9.53. The topological polar surface area (TPSA) is 61.2 Å². The Hall–Kier alpha value is -2.22. The van der Waals surface area contributed by atoms with Crippen LogP contribution in [0.25, 0.3) is 5.70 Å². The van der Waals surface area contributed by atoms with E-state index in [-0.39, 0.29) is 22.9 Å². The molecule has 6 heteroatoms. The molecule has 1 heterocycles. The van der Waals surface area contributed by atoms with Crippen molar-refractivity contribution in [3.63, 3.8) is 0 Å². The Labute approximate surface area is 226 Å². The fraction of sp³-hybridized carbons (Fsp3) is 0.500. The third kappa shape index (κ3) is 3.74. The summed E-state index contributed by atoms with van der Waals surface area (Å²) in [5.74, 6) is 1.41. The van der Waals surface area contributed by atoms with Crippen molar-refractivity contribution in [2.24, 2.45) is 28.6 Å². The predicted molar refractivity (Wildman–Crippen MR) is 147 cm³/mol. The van der Waals surface area contributed by atoms with Crippen LogP contribution in [-0.2, 0) is 9.53 Å². The van der Waals surface area contributed by atoms with Crippen molar-refractivity contribution < 1.29 is 14.3 Å². The smallest absolute Gasteiger partial charge is 0.338 e. The number of ether oxygens (including phenoxy) is 1. The minimum Gasteiger partial charge on any atom is -0.458 e. The SMILES string of the molecule is C[C@]12CC[C@H](OC(=O)c3ccc(I)cc3)CC1=CC[C@@H]1[C@@H]2CC[C@]2(C)C(n3cccn3)=C(C=O)C[C@@H]12. The zero-order valence-electron chi connectivity index (χ0n) is 21.0. The summed E-state index contributed by atoms with van der Waals surface area (Å²) >= 11 is 2.25. The van der Waals surface area contributed by atoms with E-state index in [1.54, 1.807) is 6.20 Å². The first kappa shape index (κ1) is 24.1. The normalized spacial score (nSPS) is 35.4. The number of nitrogens with zero attached hydrogens (tertiary/aromatic N) is 2. The van der Waals surface area contributed by atoms with Crippen LogP contribution in [0.4, 0.5) is 0 Å². The molecular formula is C30H33IN2O3. The molecule has 6 rings (SSSR count). The third-order valence-electron chi connectivity index (χ3n) is 9.96. The molecule has 2 saturated carbocycles. The zero-order valence-corrected chi connectivity index (χ0v) is 23.1. The summed E-state index contributed by atoms with van der Waals surface area (Å²) in [7, 11) is 0. The van der Waals surface area contributed by atoms with Gasteiger partial charge in [-0.05, 0) is 115 Å². The van der Waals surface area contributed by atoms with Crippen LogP contribution in [0, 0.1) is 32.2 Å². The van der Waals surface area contributed by atoms with Crippen LogP contribution in [0.1, 0.15) is 69.2 Å². The highest BCUT2D eigenvalue weighted by molar-refractivity contribution is 14.1. The van der Waals surface area contributed by atoms with E-state index in [4.69, 9.17) is 4.74 Å². The molecule has 0 radical (unpaired) electrons. The number of halogens is 1. The third-order valence-corrected chi connectivity index (χ3v) is 10.7. The highest BCUT2D eigenvalue weighted by Gasteiger charge is 2.58. The van der Waals surface area contributed by atoms with Crippen molar-refractivity contribution >= 4 is 40.5 Å². The number of benzene rings is 1. The number of hydrogen-bond donors (Lipinski definition) is 0. The number of allylic oxidation sites excluding steroid dienone is 3. The Balaban J connectivity index is 1.22. The maximum absolute atomic E-state index is 12.8. The molecule has 0 spiro atoms. The molecule has 0 aliphatic heterocycles. The van der Waals surface area contributed by atoms with Gasteiger partial charge < -0.3 is 4.74 Å². The van der Waals surface area contributed by atoms with E-state index in [9.17, 15) is 9.59 Å². The second kappa shape index (κ2) is 8.96. The van der Waals surface area contributed by atoms with Gasteiger partial charge >= 0.3 is 5.97 Å². The number of carbonyl (C=O) groups is 2. The summed E-state index contributed by atoms with van der Waals surface area (Å²) in [6.45, 7) is 4.82. The van der Waals surface area contributed by atoms with Crippen LogP contribution >= 0.6 is 22.6 Å². The first-order valence-electron chi connectivity index (χ1n) is 13.2. The fourth-order valence-electron chi connectivity index (χ4n) is 8.14. The lowest BCUT2D eigenvalue weighted by Crippen LogP contribution is -2.50. The first-order chi connectivity index (χ1) is 17.3. The van der Waals surface area contributed by atoms with Gasteiger partial charge in [0, 0.05) is 33.4 Å². The molecule has 5 nitrogen and oxygen atoms in total. The number of aldehydes is 1. The largest absolute Gasteiger partial charge is 0.458 e. The lowest BCUT2D eigenvalue weighted by atomic mass is 9.48. The van der Waals surface area contributed by atoms with Gasteiger partial charge in [0.2, 0.25) is 0 Å². The molecule has 6 atom stereocenters. The van der Waals surface area contributed by atoms with Gasteiger partial charge in [-0.2, -0.15) is 5.10 Å². The molecule has 4 aliphatic rings. The highest BCUT2D eigenvalue weighted by Crippen LogP contribution is 2.66. The number of esters is 1. The maximum Gasteiger partial charge on any atom is 0.338 e. The average molecular weight is 597 g/mol. The van der Waals surface area contributed by atoms with Gasteiger partial charge in [0.25, 0.3) is 0 Å².